The fourth-order valence-corrected chi connectivity index (χ4v) is 10.1. The summed E-state index contributed by atoms with van der Waals surface area (Å²) in [5.74, 6) is 1.55. The number of aliphatic imine (C=N–C) groups is 2. The summed E-state index contributed by atoms with van der Waals surface area (Å²) in [5, 5.41) is 9.91. The fraction of sp³-hybridized carbons (Fsp3) is 0.0208. The van der Waals surface area contributed by atoms with Gasteiger partial charge in [-0.3, -0.25) is 0 Å². The van der Waals surface area contributed by atoms with Crippen molar-refractivity contribution in [1.29, 1.82) is 0 Å². The number of nitrogens with zero attached hydrogens (tertiary/aromatic N) is 3. The average molecular weight is 727 g/mol. The minimum Gasteiger partial charge on any atom is -0.344 e. The first-order valence-corrected chi connectivity index (χ1v) is 19.7. The molecule has 6 heteroatoms. The molecule has 1 N–H and O–H groups in total. The zero-order valence-corrected chi connectivity index (χ0v) is 30.5. The van der Waals surface area contributed by atoms with Gasteiger partial charge >= 0.3 is 0 Å². The molecule has 4 nitrogen and oxygen atoms in total. The quantitative estimate of drug-likeness (QED) is 0.192. The van der Waals surface area contributed by atoms with Crippen LogP contribution in [0.3, 0.4) is 0 Å². The van der Waals surface area contributed by atoms with Crippen LogP contribution in [0.5, 0.6) is 0 Å². The lowest BCUT2D eigenvalue weighted by Crippen LogP contribution is -2.33. The molecule has 1 aliphatic heterocycles. The van der Waals surface area contributed by atoms with E-state index >= 15 is 0 Å². The molecule has 7 aromatic carbocycles. The normalized spacial score (nSPS) is 14.5. The van der Waals surface area contributed by atoms with Crippen LogP contribution in [0.15, 0.2) is 180 Å². The van der Waals surface area contributed by atoms with E-state index < -0.39 is 0 Å². The summed E-state index contributed by atoms with van der Waals surface area (Å²) < 4.78 is 4.98. The third kappa shape index (κ3) is 5.14. The van der Waals surface area contributed by atoms with Crippen molar-refractivity contribution in [3.05, 3.63) is 187 Å². The maximum Gasteiger partial charge on any atom is 0.159 e. The summed E-state index contributed by atoms with van der Waals surface area (Å²) in [6.07, 6.45) is -0.266. The molecule has 3 aromatic heterocycles. The lowest BCUT2D eigenvalue weighted by molar-refractivity contribution is 0.674. The maximum atomic E-state index is 5.21. The molecule has 1 atom stereocenters. The van der Waals surface area contributed by atoms with E-state index in [1.807, 2.05) is 28.7 Å². The van der Waals surface area contributed by atoms with E-state index in [2.05, 4.69) is 169 Å². The lowest BCUT2D eigenvalue weighted by Gasteiger charge is -2.24. The molecule has 0 spiro atoms. The third-order valence-corrected chi connectivity index (χ3v) is 12.7. The van der Waals surface area contributed by atoms with Crippen LogP contribution in [-0.2, 0) is 0 Å². The molecule has 0 bridgehead atoms. The van der Waals surface area contributed by atoms with Crippen molar-refractivity contribution < 1.29 is 0 Å². The van der Waals surface area contributed by atoms with Gasteiger partial charge in [-0.25, -0.2) is 15.0 Å². The van der Waals surface area contributed by atoms with Crippen molar-refractivity contribution >= 4 is 85.6 Å². The predicted molar refractivity (Wildman–Crippen MR) is 230 cm³/mol. The molecule has 54 heavy (non-hydrogen) atoms. The summed E-state index contributed by atoms with van der Waals surface area (Å²) in [4.78, 5) is 15.5. The lowest BCUT2D eigenvalue weighted by atomic mass is 9.99. The van der Waals surface area contributed by atoms with Crippen LogP contribution in [0, 0.1) is 0 Å². The van der Waals surface area contributed by atoms with E-state index in [4.69, 9.17) is 15.0 Å². The smallest absolute Gasteiger partial charge is 0.159 e. The van der Waals surface area contributed by atoms with Gasteiger partial charge in [0.2, 0.25) is 0 Å². The zero-order valence-electron chi connectivity index (χ0n) is 28.9. The van der Waals surface area contributed by atoms with Gasteiger partial charge in [0.1, 0.15) is 12.0 Å². The molecule has 10 aromatic rings. The Morgan fingerprint density at radius 1 is 0.481 bits per heavy atom. The van der Waals surface area contributed by atoms with Crippen LogP contribution in [0.4, 0.5) is 0 Å². The Morgan fingerprint density at radius 2 is 1.15 bits per heavy atom. The molecule has 11 rings (SSSR count). The van der Waals surface area contributed by atoms with E-state index in [0.29, 0.717) is 5.84 Å². The van der Waals surface area contributed by atoms with E-state index in [-0.39, 0.29) is 6.17 Å². The Bertz CT molecular complexity index is 3120. The monoisotopic (exact) mass is 726 g/mol. The summed E-state index contributed by atoms with van der Waals surface area (Å²) in [6.45, 7) is 0. The number of para-hydroxylation sites is 1. The molecule has 4 heterocycles. The highest BCUT2D eigenvalue weighted by molar-refractivity contribution is 7.26. The Hall–Kier alpha value is -6.47. The van der Waals surface area contributed by atoms with Crippen LogP contribution in [0.2, 0.25) is 0 Å². The molecule has 0 saturated heterocycles. The topological polar surface area (TPSA) is 49.6 Å². The Balaban J connectivity index is 1.01. The van der Waals surface area contributed by atoms with E-state index in [1.54, 1.807) is 0 Å². The summed E-state index contributed by atoms with van der Waals surface area (Å²) >= 11 is 3.64. The van der Waals surface area contributed by atoms with Crippen molar-refractivity contribution in [2.24, 2.45) is 9.98 Å². The highest BCUT2D eigenvalue weighted by Crippen LogP contribution is 2.44. The van der Waals surface area contributed by atoms with Crippen molar-refractivity contribution in [3.8, 4) is 22.4 Å². The van der Waals surface area contributed by atoms with Crippen molar-refractivity contribution in [1.82, 2.24) is 10.3 Å². The number of hydrogen-bond donors (Lipinski definition) is 1. The Kier molecular flexibility index (Phi) is 7.25. The standard InChI is InChI=1S/C48H30N4S2/c1-3-12-30(13-4-1)43-45-42(36-17-7-9-20-39(36)49-43)38-28-33(26-27-41(38)54-45)29-22-24-32(25-23-29)47-50-46(31-14-5-2-6-15-31)51-48(52-47)37-19-11-18-35-34-16-8-10-21-40(34)53-44(35)37/h1-28,46H,(H,50,51,52). The van der Waals surface area contributed by atoms with Crippen LogP contribution in [0.25, 0.3) is 73.6 Å². The molecule has 0 radical (unpaired) electrons. The van der Waals surface area contributed by atoms with Gasteiger partial charge in [-0.1, -0.05) is 140 Å². The van der Waals surface area contributed by atoms with Gasteiger partial charge in [0.15, 0.2) is 5.84 Å². The van der Waals surface area contributed by atoms with Crippen molar-refractivity contribution in [2.45, 2.75) is 6.17 Å². The summed E-state index contributed by atoms with van der Waals surface area (Å²) in [6, 6.07) is 60.1. The largest absolute Gasteiger partial charge is 0.344 e. The minimum absolute atomic E-state index is 0.266. The van der Waals surface area contributed by atoms with Gasteiger partial charge in [-0.05, 0) is 47.0 Å². The number of fused-ring (bicyclic) bond motifs is 8. The first-order chi connectivity index (χ1) is 26.7. The molecule has 0 fully saturated rings. The predicted octanol–water partition coefficient (Wildman–Crippen LogP) is 12.8. The first-order valence-electron chi connectivity index (χ1n) is 18.0. The van der Waals surface area contributed by atoms with Crippen LogP contribution in [-0.4, -0.2) is 16.7 Å². The highest BCUT2D eigenvalue weighted by atomic mass is 32.1. The number of pyridine rings is 1. The van der Waals surface area contributed by atoms with Gasteiger partial charge < -0.3 is 5.32 Å². The highest BCUT2D eigenvalue weighted by Gasteiger charge is 2.23. The SMILES string of the molecule is c1ccc(-c2nc3ccccc3c3c2sc2ccc(-c4ccc(C5=NC(c6ccccc6)NC(c6cccc7c6sc6ccccc67)=N5)cc4)cc23)cc1. The second-order valence-electron chi connectivity index (χ2n) is 13.6. The van der Waals surface area contributed by atoms with Crippen molar-refractivity contribution in [2.75, 3.05) is 0 Å². The molecule has 0 saturated carbocycles. The summed E-state index contributed by atoms with van der Waals surface area (Å²) in [7, 11) is 0. The van der Waals surface area contributed by atoms with Crippen LogP contribution >= 0.6 is 22.7 Å². The number of rotatable bonds is 5. The molecular weight excluding hydrogens is 697 g/mol. The molecule has 0 amide bonds. The van der Waals surface area contributed by atoms with E-state index in [1.165, 1.54) is 51.3 Å². The van der Waals surface area contributed by atoms with E-state index in [0.717, 1.165) is 44.9 Å². The maximum absolute atomic E-state index is 5.21. The number of hydrogen-bond acceptors (Lipinski definition) is 6. The van der Waals surface area contributed by atoms with Crippen LogP contribution < -0.4 is 5.32 Å². The van der Waals surface area contributed by atoms with Gasteiger partial charge in [0.05, 0.1) is 15.9 Å². The molecule has 1 aliphatic rings. The fourth-order valence-electron chi connectivity index (χ4n) is 7.72. The van der Waals surface area contributed by atoms with Gasteiger partial charge in [0, 0.05) is 57.7 Å². The molecule has 1 unspecified atom stereocenters. The van der Waals surface area contributed by atoms with Gasteiger partial charge in [-0.2, -0.15) is 0 Å². The second-order valence-corrected chi connectivity index (χ2v) is 15.7. The average Bonchev–Trinajstić information content (AvgIpc) is 3.83. The zero-order chi connectivity index (χ0) is 35.6. The number of amidine groups is 2. The molecule has 254 valence electrons. The third-order valence-electron chi connectivity index (χ3n) is 10.3. The molecular formula is C48H30N4S2. The van der Waals surface area contributed by atoms with Crippen LogP contribution in [0.1, 0.15) is 22.9 Å². The Labute approximate surface area is 319 Å². The van der Waals surface area contributed by atoms with Gasteiger partial charge in [-0.15, -0.1) is 22.7 Å². The minimum atomic E-state index is -0.266. The second kappa shape index (κ2) is 12.6. The number of nitrogens with one attached hydrogen (secondary N) is 1. The van der Waals surface area contributed by atoms with E-state index in [9.17, 15) is 0 Å². The Morgan fingerprint density at radius 3 is 2.00 bits per heavy atom. The number of benzene rings is 7. The number of aromatic nitrogens is 1. The first kappa shape index (κ1) is 31.1. The number of thiophene rings is 2. The van der Waals surface area contributed by atoms with Crippen molar-refractivity contribution in [3.63, 3.8) is 0 Å². The summed E-state index contributed by atoms with van der Waals surface area (Å²) in [5.41, 5.74) is 8.67. The molecule has 0 aliphatic carbocycles. The van der Waals surface area contributed by atoms with Gasteiger partial charge in [0.25, 0.3) is 0 Å².